The van der Waals surface area contributed by atoms with Gasteiger partial charge in [0.25, 0.3) is 0 Å². The molecular weight excluding hydrogens is 244 g/mol. The number of nitrogens with one attached hydrogen (secondary N) is 1. The summed E-state index contributed by atoms with van der Waals surface area (Å²) in [5.41, 5.74) is 0.606. The maximum atomic E-state index is 3.73. The molecule has 1 saturated carbocycles. The highest BCUT2D eigenvalue weighted by molar-refractivity contribution is 4.87. The van der Waals surface area contributed by atoms with E-state index in [4.69, 9.17) is 0 Å². The third kappa shape index (κ3) is 7.08. The fourth-order valence-electron chi connectivity index (χ4n) is 2.89. The summed E-state index contributed by atoms with van der Waals surface area (Å²) in [6.07, 6.45) is 5.49. The highest BCUT2D eigenvalue weighted by atomic mass is 15.2. The topological polar surface area (TPSA) is 15.3 Å². The summed E-state index contributed by atoms with van der Waals surface area (Å²) >= 11 is 0. The van der Waals surface area contributed by atoms with E-state index in [9.17, 15) is 0 Å². The first-order valence-corrected chi connectivity index (χ1v) is 8.64. The van der Waals surface area contributed by atoms with Crippen LogP contribution >= 0.6 is 0 Å². The molecule has 1 aliphatic rings. The van der Waals surface area contributed by atoms with Crippen LogP contribution in [-0.4, -0.2) is 36.1 Å². The maximum absolute atomic E-state index is 3.73. The highest BCUT2D eigenvalue weighted by Gasteiger charge is 2.32. The lowest BCUT2D eigenvalue weighted by atomic mass is 9.83. The van der Waals surface area contributed by atoms with Crippen LogP contribution in [0.15, 0.2) is 0 Å². The molecular formula is C18H38N2. The van der Waals surface area contributed by atoms with Gasteiger partial charge in [0.05, 0.1) is 0 Å². The molecule has 2 nitrogen and oxygen atoms in total. The smallest absolute Gasteiger partial charge is 0.00967 e. The quantitative estimate of drug-likeness (QED) is 0.678. The molecule has 1 aliphatic carbocycles. The SMILES string of the molecule is CCCC(C)(CNC(C)(C)C)CN(CC1CC1)C(C)C. The molecule has 0 heterocycles. The second-order valence-corrected chi connectivity index (χ2v) is 8.63. The van der Waals surface area contributed by atoms with Crippen molar-refractivity contribution < 1.29 is 0 Å². The minimum atomic E-state index is 0.216. The van der Waals surface area contributed by atoms with E-state index in [2.05, 4.69) is 58.7 Å². The van der Waals surface area contributed by atoms with Crippen molar-refractivity contribution in [2.75, 3.05) is 19.6 Å². The van der Waals surface area contributed by atoms with Gasteiger partial charge in [0.2, 0.25) is 0 Å². The van der Waals surface area contributed by atoms with Crippen LogP contribution in [0.1, 0.15) is 74.1 Å². The number of hydrogen-bond acceptors (Lipinski definition) is 2. The van der Waals surface area contributed by atoms with Gasteiger partial charge in [0.1, 0.15) is 0 Å². The second kappa shape index (κ2) is 7.26. The summed E-state index contributed by atoms with van der Waals surface area (Å²) in [4.78, 5) is 2.72. The molecule has 1 unspecified atom stereocenters. The summed E-state index contributed by atoms with van der Waals surface area (Å²) in [7, 11) is 0. The van der Waals surface area contributed by atoms with Crippen LogP contribution in [0.25, 0.3) is 0 Å². The van der Waals surface area contributed by atoms with E-state index in [1.807, 2.05) is 0 Å². The number of hydrogen-bond donors (Lipinski definition) is 1. The van der Waals surface area contributed by atoms with Crippen LogP contribution in [0.5, 0.6) is 0 Å². The van der Waals surface area contributed by atoms with E-state index >= 15 is 0 Å². The van der Waals surface area contributed by atoms with Gasteiger partial charge < -0.3 is 10.2 Å². The average Bonchev–Trinajstić information content (AvgIpc) is 3.09. The fourth-order valence-corrected chi connectivity index (χ4v) is 2.89. The Hall–Kier alpha value is -0.0800. The van der Waals surface area contributed by atoms with E-state index < -0.39 is 0 Å². The summed E-state index contributed by atoms with van der Waals surface area (Å²) in [5.74, 6) is 0.985. The molecule has 1 N–H and O–H groups in total. The van der Waals surface area contributed by atoms with E-state index in [1.54, 1.807) is 0 Å². The zero-order valence-electron chi connectivity index (χ0n) is 15.1. The van der Waals surface area contributed by atoms with E-state index in [-0.39, 0.29) is 5.54 Å². The van der Waals surface area contributed by atoms with Crippen molar-refractivity contribution in [3.63, 3.8) is 0 Å². The maximum Gasteiger partial charge on any atom is 0.00967 e. The first-order chi connectivity index (χ1) is 9.15. The Labute approximate surface area is 127 Å². The standard InChI is InChI=1S/C18H38N2/c1-8-11-18(7,13-19-17(4,5)6)14-20(15(2)3)12-16-9-10-16/h15-16,19H,8-14H2,1-7H3. The van der Waals surface area contributed by atoms with Gasteiger partial charge in [-0.25, -0.2) is 0 Å². The van der Waals surface area contributed by atoms with Crippen molar-refractivity contribution in [3.8, 4) is 0 Å². The molecule has 1 rings (SSSR count). The largest absolute Gasteiger partial charge is 0.311 e. The number of nitrogens with zero attached hydrogens (tertiary/aromatic N) is 1. The molecule has 20 heavy (non-hydrogen) atoms. The Morgan fingerprint density at radius 3 is 2.15 bits per heavy atom. The van der Waals surface area contributed by atoms with Crippen LogP contribution in [0.3, 0.4) is 0 Å². The lowest BCUT2D eigenvalue weighted by Crippen LogP contribution is -2.49. The summed E-state index contributed by atoms with van der Waals surface area (Å²) in [6.45, 7) is 20.0. The van der Waals surface area contributed by atoms with Gasteiger partial charge in [-0.05, 0) is 65.2 Å². The predicted octanol–water partition coefficient (Wildman–Crippen LogP) is 4.30. The molecule has 0 spiro atoms. The second-order valence-electron chi connectivity index (χ2n) is 8.63. The summed E-state index contributed by atoms with van der Waals surface area (Å²) in [6, 6.07) is 0.668. The van der Waals surface area contributed by atoms with Gasteiger partial charge in [-0.2, -0.15) is 0 Å². The zero-order chi connectivity index (χ0) is 15.4. The minimum Gasteiger partial charge on any atom is -0.311 e. The Balaban J connectivity index is 2.60. The van der Waals surface area contributed by atoms with Gasteiger partial charge in [0.15, 0.2) is 0 Å². The van der Waals surface area contributed by atoms with Crippen molar-refractivity contribution in [1.29, 1.82) is 0 Å². The molecule has 0 radical (unpaired) electrons. The third-order valence-corrected chi connectivity index (χ3v) is 4.40. The van der Waals surface area contributed by atoms with Gasteiger partial charge in [-0.3, -0.25) is 0 Å². The summed E-state index contributed by atoms with van der Waals surface area (Å²) < 4.78 is 0. The Bertz CT molecular complexity index is 276. The molecule has 0 aliphatic heterocycles. The molecule has 2 heteroatoms. The van der Waals surface area contributed by atoms with Crippen molar-refractivity contribution in [2.45, 2.75) is 85.7 Å². The normalized spacial score (nSPS) is 19.6. The average molecular weight is 283 g/mol. The van der Waals surface area contributed by atoms with E-state index in [0.717, 1.165) is 12.5 Å². The van der Waals surface area contributed by atoms with Gasteiger partial charge in [-0.15, -0.1) is 0 Å². The summed E-state index contributed by atoms with van der Waals surface area (Å²) in [5, 5.41) is 3.73. The van der Waals surface area contributed by atoms with Crippen LogP contribution in [-0.2, 0) is 0 Å². The Morgan fingerprint density at radius 2 is 1.75 bits per heavy atom. The highest BCUT2D eigenvalue weighted by Crippen LogP contribution is 2.32. The molecule has 0 aromatic rings. The van der Waals surface area contributed by atoms with Crippen LogP contribution < -0.4 is 5.32 Å². The van der Waals surface area contributed by atoms with E-state index in [0.29, 0.717) is 11.5 Å². The zero-order valence-corrected chi connectivity index (χ0v) is 15.1. The first kappa shape index (κ1) is 18.0. The molecule has 1 fully saturated rings. The van der Waals surface area contributed by atoms with E-state index in [1.165, 1.54) is 38.8 Å². The third-order valence-electron chi connectivity index (χ3n) is 4.40. The van der Waals surface area contributed by atoms with Crippen LogP contribution in [0.4, 0.5) is 0 Å². The Kier molecular flexibility index (Phi) is 6.53. The predicted molar refractivity (Wildman–Crippen MR) is 90.2 cm³/mol. The molecule has 120 valence electrons. The van der Waals surface area contributed by atoms with Gasteiger partial charge in [-0.1, -0.05) is 20.3 Å². The molecule has 0 saturated heterocycles. The monoisotopic (exact) mass is 282 g/mol. The van der Waals surface area contributed by atoms with Crippen LogP contribution in [0, 0.1) is 11.3 Å². The minimum absolute atomic E-state index is 0.216. The lowest BCUT2D eigenvalue weighted by Gasteiger charge is -2.39. The molecule has 0 amide bonds. The van der Waals surface area contributed by atoms with Crippen molar-refractivity contribution in [3.05, 3.63) is 0 Å². The van der Waals surface area contributed by atoms with Gasteiger partial charge in [0, 0.05) is 31.2 Å². The lowest BCUT2D eigenvalue weighted by molar-refractivity contribution is 0.111. The van der Waals surface area contributed by atoms with Gasteiger partial charge >= 0.3 is 0 Å². The molecule has 0 aromatic heterocycles. The van der Waals surface area contributed by atoms with Crippen molar-refractivity contribution in [2.24, 2.45) is 11.3 Å². The number of rotatable bonds is 9. The first-order valence-electron chi connectivity index (χ1n) is 8.64. The van der Waals surface area contributed by atoms with Crippen molar-refractivity contribution >= 4 is 0 Å². The Morgan fingerprint density at radius 1 is 1.15 bits per heavy atom. The molecule has 0 bridgehead atoms. The fraction of sp³-hybridized carbons (Fsp3) is 1.00. The molecule has 1 atom stereocenters. The molecule has 0 aromatic carbocycles. The van der Waals surface area contributed by atoms with Crippen molar-refractivity contribution in [1.82, 2.24) is 10.2 Å². The van der Waals surface area contributed by atoms with Crippen LogP contribution in [0.2, 0.25) is 0 Å².